The minimum absolute atomic E-state index is 0.105. The van der Waals surface area contributed by atoms with Gasteiger partial charge in [0.15, 0.2) is 0 Å². The van der Waals surface area contributed by atoms with E-state index in [9.17, 15) is 14.3 Å². The van der Waals surface area contributed by atoms with Gasteiger partial charge in [-0.2, -0.15) is 0 Å². The molecule has 0 saturated carbocycles. The van der Waals surface area contributed by atoms with Crippen molar-refractivity contribution < 1.29 is 19.4 Å². The Kier molecular flexibility index (Phi) is 5.41. The summed E-state index contributed by atoms with van der Waals surface area (Å²) in [6, 6.07) is 7.71. The van der Waals surface area contributed by atoms with Crippen molar-refractivity contribution in [1.29, 1.82) is 0 Å². The summed E-state index contributed by atoms with van der Waals surface area (Å²) in [5, 5.41) is 20.4. The lowest BCUT2D eigenvalue weighted by Crippen LogP contribution is -2.33. The first kappa shape index (κ1) is 17.1. The topological polar surface area (TPSA) is 82.5 Å². The average Bonchev–Trinajstić information content (AvgIpc) is 2.51. The third-order valence-corrected chi connectivity index (χ3v) is 3.41. The van der Waals surface area contributed by atoms with E-state index in [0.717, 1.165) is 23.0 Å². The number of carbonyl (C=O) groups is 1. The van der Waals surface area contributed by atoms with Gasteiger partial charge in [-0.3, -0.25) is 9.78 Å². The lowest BCUT2D eigenvalue weighted by Gasteiger charge is -2.11. The van der Waals surface area contributed by atoms with Crippen molar-refractivity contribution in [2.45, 2.75) is 20.0 Å². The van der Waals surface area contributed by atoms with Gasteiger partial charge in [-0.15, -0.1) is 0 Å². The fourth-order valence-electron chi connectivity index (χ4n) is 2.25. The van der Waals surface area contributed by atoms with Gasteiger partial charge >= 0.3 is 0 Å². The Morgan fingerprint density at radius 3 is 2.70 bits per heavy atom. The molecule has 1 aromatic carbocycles. The number of aromatic nitrogens is 1. The summed E-state index contributed by atoms with van der Waals surface area (Å²) in [6.07, 6.45) is -1.05. The number of hydrogen-bond donors (Lipinski definition) is 3. The van der Waals surface area contributed by atoms with Crippen LogP contribution in [0.4, 0.5) is 4.39 Å². The minimum atomic E-state index is -1.05. The van der Waals surface area contributed by atoms with Gasteiger partial charge in [-0.05, 0) is 43.7 Å². The first-order valence-electron chi connectivity index (χ1n) is 7.23. The first-order chi connectivity index (χ1) is 10.9. The molecule has 6 heteroatoms. The Morgan fingerprint density at radius 1 is 1.30 bits per heavy atom. The second kappa shape index (κ2) is 7.30. The van der Waals surface area contributed by atoms with E-state index >= 15 is 0 Å². The molecule has 0 unspecified atom stereocenters. The highest BCUT2D eigenvalue weighted by Gasteiger charge is 2.13. The van der Waals surface area contributed by atoms with E-state index in [0.29, 0.717) is 5.56 Å². The summed E-state index contributed by atoms with van der Waals surface area (Å²) in [6.45, 7) is 3.13. The lowest BCUT2D eigenvalue weighted by atomic mass is 10.0. The molecule has 0 bridgehead atoms. The van der Waals surface area contributed by atoms with Crippen LogP contribution in [0, 0.1) is 19.7 Å². The number of benzene rings is 1. The normalized spacial score (nSPS) is 12.0. The van der Waals surface area contributed by atoms with E-state index in [1.165, 1.54) is 6.07 Å². The molecule has 0 fully saturated rings. The maximum Gasteiger partial charge on any atom is 0.251 e. The van der Waals surface area contributed by atoms with E-state index in [4.69, 9.17) is 5.11 Å². The molecular formula is C17H19FN2O3. The third-order valence-electron chi connectivity index (χ3n) is 3.41. The zero-order valence-corrected chi connectivity index (χ0v) is 13.0. The number of nitrogens with zero attached hydrogens (tertiary/aromatic N) is 1. The molecular weight excluding hydrogens is 299 g/mol. The van der Waals surface area contributed by atoms with Crippen LogP contribution in [0.1, 0.15) is 21.7 Å². The van der Waals surface area contributed by atoms with Gasteiger partial charge in [0.1, 0.15) is 5.82 Å². The Bertz CT molecular complexity index is 719. The molecule has 1 heterocycles. The van der Waals surface area contributed by atoms with Crippen molar-refractivity contribution in [3.05, 3.63) is 53.1 Å². The Hall–Kier alpha value is -2.31. The number of carbonyl (C=O) groups excluding carboxylic acids is 1. The lowest BCUT2D eigenvalue weighted by molar-refractivity contribution is 0.0801. The predicted molar refractivity (Wildman–Crippen MR) is 84.5 cm³/mol. The van der Waals surface area contributed by atoms with Crippen molar-refractivity contribution in [3.8, 4) is 11.1 Å². The van der Waals surface area contributed by atoms with Crippen LogP contribution in [-0.4, -0.2) is 40.4 Å². The van der Waals surface area contributed by atoms with Crippen LogP contribution in [-0.2, 0) is 0 Å². The second-order valence-electron chi connectivity index (χ2n) is 5.36. The monoisotopic (exact) mass is 318 g/mol. The number of aliphatic hydroxyl groups excluding tert-OH is 2. The summed E-state index contributed by atoms with van der Waals surface area (Å²) in [5.41, 5.74) is 3.06. The SMILES string of the molecule is Cc1ccc(-c2cc(F)cc(C(=O)NC[C@H](O)CO)c2)c(C)n1. The maximum absolute atomic E-state index is 13.9. The number of hydrogen-bond acceptors (Lipinski definition) is 4. The molecule has 0 aliphatic carbocycles. The highest BCUT2D eigenvalue weighted by atomic mass is 19.1. The second-order valence-corrected chi connectivity index (χ2v) is 5.36. The average molecular weight is 318 g/mol. The van der Waals surface area contributed by atoms with E-state index in [-0.39, 0.29) is 12.1 Å². The van der Waals surface area contributed by atoms with Crippen molar-refractivity contribution >= 4 is 5.91 Å². The first-order valence-corrected chi connectivity index (χ1v) is 7.23. The van der Waals surface area contributed by atoms with Crippen molar-refractivity contribution in [1.82, 2.24) is 10.3 Å². The summed E-state index contributed by atoms with van der Waals surface area (Å²) >= 11 is 0. The summed E-state index contributed by atoms with van der Waals surface area (Å²) < 4.78 is 13.9. The smallest absolute Gasteiger partial charge is 0.251 e. The quantitative estimate of drug-likeness (QED) is 0.782. The van der Waals surface area contributed by atoms with Gasteiger partial charge in [0.25, 0.3) is 5.91 Å². The fourth-order valence-corrected chi connectivity index (χ4v) is 2.25. The standard InChI is InChI=1S/C17H19FN2O3/c1-10-3-4-16(11(2)20-10)12-5-13(7-14(18)6-12)17(23)19-8-15(22)9-21/h3-7,15,21-22H,8-9H2,1-2H3,(H,19,23)/t15-/m0/s1. The third kappa shape index (κ3) is 4.34. The number of aliphatic hydroxyl groups is 2. The fraction of sp³-hybridized carbons (Fsp3) is 0.294. The Morgan fingerprint density at radius 2 is 2.04 bits per heavy atom. The van der Waals surface area contributed by atoms with Crippen LogP contribution in [0.3, 0.4) is 0 Å². The van der Waals surface area contributed by atoms with Crippen LogP contribution < -0.4 is 5.32 Å². The van der Waals surface area contributed by atoms with Crippen LogP contribution in [0.25, 0.3) is 11.1 Å². The summed E-state index contributed by atoms with van der Waals surface area (Å²) in [7, 11) is 0. The van der Waals surface area contributed by atoms with E-state index in [1.807, 2.05) is 26.0 Å². The van der Waals surface area contributed by atoms with Crippen molar-refractivity contribution in [3.63, 3.8) is 0 Å². The van der Waals surface area contributed by atoms with Crippen molar-refractivity contribution in [2.75, 3.05) is 13.2 Å². The molecule has 0 aliphatic heterocycles. The molecule has 2 aromatic rings. The zero-order chi connectivity index (χ0) is 17.0. The van der Waals surface area contributed by atoms with Crippen molar-refractivity contribution in [2.24, 2.45) is 0 Å². The molecule has 122 valence electrons. The highest BCUT2D eigenvalue weighted by Crippen LogP contribution is 2.24. The molecule has 3 N–H and O–H groups in total. The molecule has 0 aliphatic rings. The zero-order valence-electron chi connectivity index (χ0n) is 13.0. The summed E-state index contributed by atoms with van der Waals surface area (Å²) in [4.78, 5) is 16.4. The van der Waals surface area contributed by atoms with Crippen LogP contribution in [0.2, 0.25) is 0 Å². The maximum atomic E-state index is 13.9. The van der Waals surface area contributed by atoms with Gasteiger partial charge in [0, 0.05) is 29.1 Å². The number of rotatable bonds is 5. The van der Waals surface area contributed by atoms with Crippen LogP contribution in [0.5, 0.6) is 0 Å². The van der Waals surface area contributed by atoms with Gasteiger partial charge in [0.05, 0.1) is 12.7 Å². The Balaban J connectivity index is 2.30. The van der Waals surface area contributed by atoms with E-state index in [1.54, 1.807) is 6.07 Å². The minimum Gasteiger partial charge on any atom is -0.394 e. The number of pyridine rings is 1. The molecule has 2 rings (SSSR count). The molecule has 1 amide bonds. The molecule has 0 saturated heterocycles. The van der Waals surface area contributed by atoms with Gasteiger partial charge in [-0.1, -0.05) is 6.07 Å². The highest BCUT2D eigenvalue weighted by molar-refractivity contribution is 5.95. The molecule has 0 spiro atoms. The molecule has 1 atom stereocenters. The molecule has 0 radical (unpaired) electrons. The Labute approximate surface area is 133 Å². The van der Waals surface area contributed by atoms with Gasteiger partial charge in [0.2, 0.25) is 0 Å². The van der Waals surface area contributed by atoms with E-state index < -0.39 is 24.4 Å². The van der Waals surface area contributed by atoms with Crippen LogP contribution >= 0.6 is 0 Å². The number of halogens is 1. The van der Waals surface area contributed by atoms with Gasteiger partial charge in [-0.25, -0.2) is 4.39 Å². The molecule has 1 aromatic heterocycles. The molecule has 23 heavy (non-hydrogen) atoms. The number of nitrogens with one attached hydrogen (secondary N) is 1. The number of amides is 1. The molecule has 5 nitrogen and oxygen atoms in total. The van der Waals surface area contributed by atoms with Gasteiger partial charge < -0.3 is 15.5 Å². The largest absolute Gasteiger partial charge is 0.394 e. The van der Waals surface area contributed by atoms with E-state index in [2.05, 4.69) is 10.3 Å². The van der Waals surface area contributed by atoms with Crippen LogP contribution in [0.15, 0.2) is 30.3 Å². The predicted octanol–water partition coefficient (Wildman–Crippen LogP) is 1.59. The number of aryl methyl sites for hydroxylation is 2. The summed E-state index contributed by atoms with van der Waals surface area (Å²) in [5.74, 6) is -1.05.